The highest BCUT2D eigenvalue weighted by molar-refractivity contribution is 7.16. The van der Waals surface area contributed by atoms with Crippen molar-refractivity contribution in [2.75, 3.05) is 31.5 Å². The number of rotatable bonds is 4. The Morgan fingerprint density at radius 3 is 2.49 bits per heavy atom. The van der Waals surface area contributed by atoms with E-state index in [9.17, 15) is 9.59 Å². The number of carbonyl (C=O) groups is 2. The number of ether oxygens (including phenoxy) is 1. The third-order valence-corrected chi connectivity index (χ3v) is 6.56. The standard InChI is InChI=1S/C26H27N7O3S/c1-26(2,3)36-25(35)33-12-10-32(11-13-33)23(34)18-5-7-22(28-15-18)31-24-27-9-8-19(30-24)17-4-6-21-20(14-17)29-16-37-21/h4-9,14-16H,10-13H2,1-3H3,(H,27,28,30,31). The van der Waals surface area contributed by atoms with Crippen LogP contribution in [-0.4, -0.2) is 73.5 Å². The van der Waals surface area contributed by atoms with E-state index < -0.39 is 5.60 Å². The summed E-state index contributed by atoms with van der Waals surface area (Å²) in [7, 11) is 0. The van der Waals surface area contributed by atoms with Gasteiger partial charge in [-0.25, -0.2) is 24.7 Å². The number of carbonyl (C=O) groups excluding carboxylic acids is 2. The molecule has 0 spiro atoms. The molecule has 1 fully saturated rings. The monoisotopic (exact) mass is 517 g/mol. The SMILES string of the molecule is CC(C)(C)OC(=O)N1CCN(C(=O)c2ccc(Nc3nccc(-c4ccc5scnc5c4)n3)nc2)CC1. The summed E-state index contributed by atoms with van der Waals surface area (Å²) in [6.45, 7) is 7.23. The van der Waals surface area contributed by atoms with Crippen molar-refractivity contribution in [2.45, 2.75) is 26.4 Å². The molecule has 5 rings (SSSR count). The fourth-order valence-electron chi connectivity index (χ4n) is 3.91. The number of amides is 2. The van der Waals surface area contributed by atoms with E-state index in [1.54, 1.807) is 39.5 Å². The summed E-state index contributed by atoms with van der Waals surface area (Å²) < 4.78 is 6.54. The molecule has 1 N–H and O–H groups in total. The number of pyridine rings is 1. The lowest BCUT2D eigenvalue weighted by Crippen LogP contribution is -2.51. The zero-order valence-corrected chi connectivity index (χ0v) is 21.7. The van der Waals surface area contributed by atoms with Gasteiger partial charge in [-0.1, -0.05) is 6.07 Å². The van der Waals surface area contributed by atoms with Crippen molar-refractivity contribution in [1.29, 1.82) is 0 Å². The summed E-state index contributed by atoms with van der Waals surface area (Å²) in [6.07, 6.45) is 2.86. The first-order chi connectivity index (χ1) is 17.7. The number of hydrogen-bond acceptors (Lipinski definition) is 9. The van der Waals surface area contributed by atoms with Crippen molar-refractivity contribution in [2.24, 2.45) is 0 Å². The lowest BCUT2D eigenvalue weighted by Gasteiger charge is -2.35. The van der Waals surface area contributed by atoms with Gasteiger partial charge in [-0.15, -0.1) is 11.3 Å². The minimum atomic E-state index is -0.548. The second-order valence-corrected chi connectivity index (χ2v) is 10.5. The normalized spacial score (nSPS) is 14.0. The molecule has 11 heteroatoms. The molecule has 2 amide bonds. The van der Waals surface area contributed by atoms with Crippen LogP contribution in [0.25, 0.3) is 21.5 Å². The van der Waals surface area contributed by atoms with Gasteiger partial charge in [-0.3, -0.25) is 4.79 Å². The van der Waals surface area contributed by atoms with Crippen molar-refractivity contribution in [3.63, 3.8) is 0 Å². The molecule has 3 aromatic heterocycles. The van der Waals surface area contributed by atoms with Crippen molar-refractivity contribution >= 4 is 45.3 Å². The minimum absolute atomic E-state index is 0.126. The second-order valence-electron chi connectivity index (χ2n) is 9.62. The molecular weight excluding hydrogens is 490 g/mol. The van der Waals surface area contributed by atoms with E-state index >= 15 is 0 Å². The van der Waals surface area contributed by atoms with Crippen LogP contribution >= 0.6 is 11.3 Å². The first kappa shape index (κ1) is 24.6. The average molecular weight is 518 g/mol. The van der Waals surface area contributed by atoms with E-state index in [1.807, 2.05) is 50.5 Å². The smallest absolute Gasteiger partial charge is 0.410 e. The largest absolute Gasteiger partial charge is 0.444 e. The molecule has 0 radical (unpaired) electrons. The zero-order valence-electron chi connectivity index (χ0n) is 20.8. The number of thiazole rings is 1. The van der Waals surface area contributed by atoms with Crippen LogP contribution in [-0.2, 0) is 4.74 Å². The number of benzene rings is 1. The molecule has 4 aromatic rings. The molecule has 4 heterocycles. The topological polar surface area (TPSA) is 113 Å². The zero-order chi connectivity index (χ0) is 26.0. The number of hydrogen-bond donors (Lipinski definition) is 1. The summed E-state index contributed by atoms with van der Waals surface area (Å²) in [5.74, 6) is 0.803. The number of anilines is 2. The fraction of sp³-hybridized carbons (Fsp3) is 0.308. The first-order valence-electron chi connectivity index (χ1n) is 11.9. The highest BCUT2D eigenvalue weighted by Crippen LogP contribution is 2.25. The van der Waals surface area contributed by atoms with E-state index in [1.165, 1.54) is 6.20 Å². The fourth-order valence-corrected chi connectivity index (χ4v) is 4.57. The molecule has 37 heavy (non-hydrogen) atoms. The number of fused-ring (bicyclic) bond motifs is 1. The van der Waals surface area contributed by atoms with E-state index in [0.29, 0.717) is 43.5 Å². The van der Waals surface area contributed by atoms with Gasteiger partial charge in [0.1, 0.15) is 11.4 Å². The predicted octanol–water partition coefficient (Wildman–Crippen LogP) is 4.58. The Hall–Kier alpha value is -4.12. The first-order valence-corrected chi connectivity index (χ1v) is 12.8. The van der Waals surface area contributed by atoms with Gasteiger partial charge in [-0.2, -0.15) is 0 Å². The van der Waals surface area contributed by atoms with Crippen LogP contribution in [0.4, 0.5) is 16.6 Å². The maximum absolute atomic E-state index is 13.0. The minimum Gasteiger partial charge on any atom is -0.444 e. The second kappa shape index (κ2) is 10.1. The Bertz CT molecular complexity index is 1420. The Kier molecular flexibility index (Phi) is 6.70. The van der Waals surface area contributed by atoms with Gasteiger partial charge in [-0.05, 0) is 51.1 Å². The van der Waals surface area contributed by atoms with Crippen LogP contribution in [0.15, 0.2) is 54.3 Å². The molecule has 0 unspecified atom stereocenters. The maximum Gasteiger partial charge on any atom is 0.410 e. The molecule has 1 aliphatic rings. The van der Waals surface area contributed by atoms with E-state index in [4.69, 9.17) is 4.74 Å². The summed E-state index contributed by atoms with van der Waals surface area (Å²) in [6, 6.07) is 11.3. The van der Waals surface area contributed by atoms with Crippen LogP contribution in [0.5, 0.6) is 0 Å². The van der Waals surface area contributed by atoms with Gasteiger partial charge in [0.25, 0.3) is 5.91 Å². The van der Waals surface area contributed by atoms with Crippen LogP contribution in [0.3, 0.4) is 0 Å². The van der Waals surface area contributed by atoms with Crippen LogP contribution in [0, 0.1) is 0 Å². The van der Waals surface area contributed by atoms with Gasteiger partial charge in [0.05, 0.1) is 27.0 Å². The molecular formula is C26H27N7O3S. The van der Waals surface area contributed by atoms with Gasteiger partial charge in [0, 0.05) is 44.1 Å². The number of nitrogens with zero attached hydrogens (tertiary/aromatic N) is 6. The Balaban J connectivity index is 1.20. The van der Waals surface area contributed by atoms with E-state index in [-0.39, 0.29) is 12.0 Å². The summed E-state index contributed by atoms with van der Waals surface area (Å²) in [5.41, 5.74) is 4.40. The number of aromatic nitrogens is 4. The van der Waals surface area contributed by atoms with E-state index in [0.717, 1.165) is 21.5 Å². The quantitative estimate of drug-likeness (QED) is 0.418. The third-order valence-electron chi connectivity index (χ3n) is 5.75. The maximum atomic E-state index is 13.0. The van der Waals surface area contributed by atoms with Crippen molar-refractivity contribution in [3.05, 3.63) is 59.9 Å². The van der Waals surface area contributed by atoms with Crippen LogP contribution in [0.1, 0.15) is 31.1 Å². The Labute approximate surface area is 218 Å². The molecule has 0 bridgehead atoms. The molecule has 1 aromatic carbocycles. The molecule has 1 saturated heterocycles. The molecule has 190 valence electrons. The molecule has 1 aliphatic heterocycles. The van der Waals surface area contributed by atoms with Gasteiger partial charge >= 0.3 is 6.09 Å². The molecule has 0 atom stereocenters. The van der Waals surface area contributed by atoms with Crippen LogP contribution < -0.4 is 5.32 Å². The highest BCUT2D eigenvalue weighted by Gasteiger charge is 2.28. The summed E-state index contributed by atoms with van der Waals surface area (Å²) in [4.78, 5) is 46.2. The number of piperazine rings is 1. The highest BCUT2D eigenvalue weighted by atomic mass is 32.1. The molecule has 10 nitrogen and oxygen atoms in total. The molecule has 0 saturated carbocycles. The summed E-state index contributed by atoms with van der Waals surface area (Å²) in [5, 5.41) is 3.10. The molecule has 0 aliphatic carbocycles. The lowest BCUT2D eigenvalue weighted by molar-refractivity contribution is 0.0141. The third kappa shape index (κ3) is 5.83. The van der Waals surface area contributed by atoms with Crippen molar-refractivity contribution in [3.8, 4) is 11.3 Å². The average Bonchev–Trinajstić information content (AvgIpc) is 3.36. The lowest BCUT2D eigenvalue weighted by atomic mass is 10.1. The Morgan fingerprint density at radius 1 is 0.973 bits per heavy atom. The van der Waals surface area contributed by atoms with E-state index in [2.05, 4.69) is 25.3 Å². The van der Waals surface area contributed by atoms with Gasteiger partial charge < -0.3 is 19.9 Å². The van der Waals surface area contributed by atoms with Crippen molar-refractivity contribution < 1.29 is 14.3 Å². The predicted molar refractivity (Wildman–Crippen MR) is 142 cm³/mol. The number of nitrogens with one attached hydrogen (secondary N) is 1. The van der Waals surface area contributed by atoms with Gasteiger partial charge in [0.15, 0.2) is 0 Å². The Morgan fingerprint density at radius 2 is 1.76 bits per heavy atom. The van der Waals surface area contributed by atoms with Gasteiger partial charge in [0.2, 0.25) is 5.95 Å². The summed E-state index contributed by atoms with van der Waals surface area (Å²) >= 11 is 1.60. The van der Waals surface area contributed by atoms with Crippen LogP contribution in [0.2, 0.25) is 0 Å². The van der Waals surface area contributed by atoms with Crippen molar-refractivity contribution in [1.82, 2.24) is 29.7 Å².